The third-order valence-electron chi connectivity index (χ3n) is 2.37. The number of carbonyl (C=O) groups is 2. The monoisotopic (exact) mass is 229 g/mol. The van der Waals surface area contributed by atoms with Crippen molar-refractivity contribution in [3.05, 3.63) is 42.1 Å². The predicted molar refractivity (Wildman–Crippen MR) is 64.6 cm³/mol. The normalized spacial score (nSPS) is 11.1. The van der Waals surface area contributed by atoms with Crippen LogP contribution in [0.1, 0.15) is 12.0 Å². The van der Waals surface area contributed by atoms with Crippen molar-refractivity contribution < 1.29 is 14.7 Å². The number of allylic oxidation sites excluding steroid dienone is 1. The number of fused-ring (bicyclic) bond motifs is 1. The average Bonchev–Trinajstić information content (AvgIpc) is 2.72. The first-order chi connectivity index (χ1) is 8.15. The zero-order valence-electron chi connectivity index (χ0n) is 9.01. The molecule has 0 atom stereocenters. The molecule has 4 heteroatoms. The fraction of sp³-hybridized carbons (Fsp3) is 0.0769. The van der Waals surface area contributed by atoms with E-state index in [0.717, 1.165) is 16.5 Å². The van der Waals surface area contributed by atoms with E-state index < -0.39 is 18.2 Å². The Labute approximate surface area is 97.6 Å². The molecule has 1 aromatic carbocycles. The van der Waals surface area contributed by atoms with Crippen molar-refractivity contribution in [2.75, 3.05) is 0 Å². The quantitative estimate of drug-likeness (QED) is 0.623. The lowest BCUT2D eigenvalue weighted by atomic mass is 10.1. The predicted octanol–water partition coefficient (Wildman–Crippen LogP) is 2.22. The Morgan fingerprint density at radius 3 is 2.88 bits per heavy atom. The summed E-state index contributed by atoms with van der Waals surface area (Å²) in [6.45, 7) is 0. The molecular weight excluding hydrogens is 218 g/mol. The topological polar surface area (TPSA) is 70.2 Å². The van der Waals surface area contributed by atoms with Crippen molar-refractivity contribution in [3.63, 3.8) is 0 Å². The highest BCUT2D eigenvalue weighted by Crippen LogP contribution is 2.15. The van der Waals surface area contributed by atoms with Crippen LogP contribution in [0.15, 0.2) is 36.5 Å². The van der Waals surface area contributed by atoms with Crippen LogP contribution in [0.5, 0.6) is 0 Å². The van der Waals surface area contributed by atoms with Crippen molar-refractivity contribution in [1.82, 2.24) is 4.98 Å². The van der Waals surface area contributed by atoms with Gasteiger partial charge in [-0.05, 0) is 29.2 Å². The Hall–Kier alpha value is -2.36. The van der Waals surface area contributed by atoms with E-state index in [9.17, 15) is 9.59 Å². The number of benzene rings is 1. The van der Waals surface area contributed by atoms with Crippen molar-refractivity contribution >= 4 is 28.7 Å². The summed E-state index contributed by atoms with van der Waals surface area (Å²) in [5, 5.41) is 9.53. The van der Waals surface area contributed by atoms with Gasteiger partial charge in [0, 0.05) is 11.7 Å². The van der Waals surface area contributed by atoms with Gasteiger partial charge in [-0.15, -0.1) is 0 Å². The molecule has 0 spiro atoms. The van der Waals surface area contributed by atoms with E-state index in [0.29, 0.717) is 0 Å². The number of carbonyl (C=O) groups excluding carboxylic acids is 1. The molecule has 4 nitrogen and oxygen atoms in total. The first-order valence-corrected chi connectivity index (χ1v) is 5.15. The molecule has 0 saturated heterocycles. The number of carboxylic acid groups (broad SMARTS) is 1. The lowest BCUT2D eigenvalue weighted by molar-refractivity contribution is -0.139. The van der Waals surface area contributed by atoms with Gasteiger partial charge < -0.3 is 10.1 Å². The van der Waals surface area contributed by atoms with Gasteiger partial charge in [0.1, 0.15) is 6.42 Å². The largest absolute Gasteiger partial charge is 0.481 e. The molecule has 0 aliphatic carbocycles. The number of hydrogen-bond acceptors (Lipinski definition) is 2. The van der Waals surface area contributed by atoms with Crippen molar-refractivity contribution in [3.8, 4) is 0 Å². The molecule has 0 aliphatic heterocycles. The standard InChI is InChI=1S/C13H11NO3/c15-11(8-13(16)17)4-2-9-1-3-10-5-6-14-12(10)7-9/h1-7,14H,8H2,(H,16,17)/b4-2+. The zero-order chi connectivity index (χ0) is 12.3. The van der Waals surface area contributed by atoms with Gasteiger partial charge >= 0.3 is 5.97 Å². The van der Waals surface area contributed by atoms with Gasteiger partial charge in [0.25, 0.3) is 0 Å². The molecule has 0 saturated carbocycles. The van der Waals surface area contributed by atoms with Gasteiger partial charge in [-0.2, -0.15) is 0 Å². The van der Waals surface area contributed by atoms with Crippen LogP contribution >= 0.6 is 0 Å². The third-order valence-corrected chi connectivity index (χ3v) is 2.37. The highest BCUT2D eigenvalue weighted by atomic mass is 16.4. The summed E-state index contributed by atoms with van der Waals surface area (Å²) in [5.41, 5.74) is 1.84. The van der Waals surface area contributed by atoms with Gasteiger partial charge in [0.15, 0.2) is 5.78 Å². The minimum Gasteiger partial charge on any atom is -0.481 e. The van der Waals surface area contributed by atoms with E-state index in [4.69, 9.17) is 5.11 Å². The van der Waals surface area contributed by atoms with Crippen LogP contribution in [-0.4, -0.2) is 21.8 Å². The number of ketones is 1. The highest BCUT2D eigenvalue weighted by molar-refractivity contribution is 6.03. The lowest BCUT2D eigenvalue weighted by Crippen LogP contribution is -2.02. The van der Waals surface area contributed by atoms with Crippen LogP contribution in [0.4, 0.5) is 0 Å². The summed E-state index contributed by atoms with van der Waals surface area (Å²) in [6.07, 6.45) is 4.28. The second kappa shape index (κ2) is 4.65. The van der Waals surface area contributed by atoms with Crippen molar-refractivity contribution in [2.45, 2.75) is 6.42 Å². The fourth-order valence-electron chi connectivity index (χ4n) is 1.57. The summed E-state index contributed by atoms with van der Waals surface area (Å²) >= 11 is 0. The lowest BCUT2D eigenvalue weighted by Gasteiger charge is -1.94. The molecule has 0 amide bonds. The molecule has 1 aromatic heterocycles. The summed E-state index contributed by atoms with van der Waals surface area (Å²) < 4.78 is 0. The summed E-state index contributed by atoms with van der Waals surface area (Å²) in [5.74, 6) is -1.52. The van der Waals surface area contributed by atoms with Crippen LogP contribution in [0.2, 0.25) is 0 Å². The van der Waals surface area contributed by atoms with Gasteiger partial charge in [0.2, 0.25) is 0 Å². The molecule has 17 heavy (non-hydrogen) atoms. The second-order valence-electron chi connectivity index (χ2n) is 3.69. The minimum absolute atomic E-state index is 0.413. The minimum atomic E-state index is -1.11. The van der Waals surface area contributed by atoms with Crippen LogP contribution in [0, 0.1) is 0 Å². The van der Waals surface area contributed by atoms with E-state index in [2.05, 4.69) is 4.98 Å². The Balaban J connectivity index is 2.14. The molecule has 1 heterocycles. The Kier molecular flexibility index (Phi) is 3.05. The molecular formula is C13H11NO3. The SMILES string of the molecule is O=C(O)CC(=O)/C=C/c1ccc2cc[nH]c2c1. The van der Waals surface area contributed by atoms with Gasteiger partial charge in [-0.3, -0.25) is 9.59 Å². The number of H-pyrrole nitrogens is 1. The van der Waals surface area contributed by atoms with Crippen LogP contribution in [-0.2, 0) is 9.59 Å². The Bertz CT molecular complexity index is 595. The number of hydrogen-bond donors (Lipinski definition) is 2. The first-order valence-electron chi connectivity index (χ1n) is 5.15. The fourth-order valence-corrected chi connectivity index (χ4v) is 1.57. The maximum absolute atomic E-state index is 11.2. The number of nitrogens with one attached hydrogen (secondary N) is 1. The average molecular weight is 229 g/mol. The molecule has 2 aromatic rings. The summed E-state index contributed by atoms with van der Waals surface area (Å²) in [4.78, 5) is 24.5. The number of aliphatic carboxylic acids is 1. The van der Waals surface area contributed by atoms with Crippen LogP contribution in [0.3, 0.4) is 0 Å². The summed E-state index contributed by atoms with van der Waals surface area (Å²) in [7, 11) is 0. The molecule has 0 fully saturated rings. The van der Waals surface area contributed by atoms with Crippen LogP contribution < -0.4 is 0 Å². The maximum Gasteiger partial charge on any atom is 0.311 e. The molecule has 0 unspecified atom stereocenters. The molecule has 2 rings (SSSR count). The van der Waals surface area contributed by atoms with Gasteiger partial charge in [-0.25, -0.2) is 0 Å². The number of aromatic nitrogens is 1. The molecule has 86 valence electrons. The third kappa shape index (κ3) is 2.81. The van der Waals surface area contributed by atoms with E-state index in [1.54, 1.807) is 6.08 Å². The van der Waals surface area contributed by atoms with Gasteiger partial charge in [-0.1, -0.05) is 18.2 Å². The van der Waals surface area contributed by atoms with E-state index in [1.807, 2.05) is 30.5 Å². The second-order valence-corrected chi connectivity index (χ2v) is 3.69. The molecule has 2 N–H and O–H groups in total. The number of aromatic amines is 1. The number of rotatable bonds is 4. The first kappa shape index (κ1) is 11.1. The molecule has 0 aliphatic rings. The highest BCUT2D eigenvalue weighted by Gasteiger charge is 2.03. The maximum atomic E-state index is 11.2. The Morgan fingerprint density at radius 2 is 2.12 bits per heavy atom. The van der Waals surface area contributed by atoms with E-state index >= 15 is 0 Å². The van der Waals surface area contributed by atoms with Crippen molar-refractivity contribution in [1.29, 1.82) is 0 Å². The number of carboxylic acids is 1. The van der Waals surface area contributed by atoms with E-state index in [-0.39, 0.29) is 0 Å². The zero-order valence-corrected chi connectivity index (χ0v) is 9.01. The van der Waals surface area contributed by atoms with Crippen LogP contribution in [0.25, 0.3) is 17.0 Å². The smallest absolute Gasteiger partial charge is 0.311 e. The van der Waals surface area contributed by atoms with E-state index in [1.165, 1.54) is 6.08 Å². The molecule has 0 bridgehead atoms. The molecule has 0 radical (unpaired) electrons. The summed E-state index contributed by atoms with van der Waals surface area (Å²) in [6, 6.07) is 7.67. The Morgan fingerprint density at radius 1 is 1.29 bits per heavy atom. The van der Waals surface area contributed by atoms with Crippen molar-refractivity contribution in [2.24, 2.45) is 0 Å². The van der Waals surface area contributed by atoms with Gasteiger partial charge in [0.05, 0.1) is 0 Å².